The summed E-state index contributed by atoms with van der Waals surface area (Å²) in [5.74, 6) is 1.68. The minimum absolute atomic E-state index is 0. The predicted octanol–water partition coefficient (Wildman–Crippen LogP) is 3.41. The van der Waals surface area contributed by atoms with Crippen molar-refractivity contribution < 1.29 is 4.39 Å². The Bertz CT molecular complexity index is 536. The first-order chi connectivity index (χ1) is 11.7. The molecule has 0 aromatic carbocycles. The fraction of sp³-hybridized carbons (Fsp3) is 0.667. The number of halogens is 2. The molecule has 2 rings (SSSR count). The van der Waals surface area contributed by atoms with E-state index in [9.17, 15) is 4.39 Å². The smallest absolute Gasteiger partial charge is 0.191 e. The van der Waals surface area contributed by atoms with E-state index in [0.29, 0.717) is 11.7 Å². The standard InChI is InChI=1S/C18H30FN5.HI/c1-4-14(5-2)12-22-18(20-6-3)23-15-9-11-24(13-15)17-16(19)8-7-10-21-17;/h7-8,10,14-15H,4-6,9,11-13H2,1-3H3,(H2,20,22,23);1H. The van der Waals surface area contributed by atoms with E-state index in [0.717, 1.165) is 51.4 Å². The lowest BCUT2D eigenvalue weighted by atomic mass is 10.0. The Kier molecular flexibility index (Phi) is 10.1. The van der Waals surface area contributed by atoms with Gasteiger partial charge < -0.3 is 15.5 Å². The quantitative estimate of drug-likeness (QED) is 0.370. The first-order valence-corrected chi connectivity index (χ1v) is 9.08. The van der Waals surface area contributed by atoms with Gasteiger partial charge in [0.1, 0.15) is 0 Å². The van der Waals surface area contributed by atoms with Crippen molar-refractivity contribution in [3.63, 3.8) is 0 Å². The molecule has 0 aliphatic carbocycles. The summed E-state index contributed by atoms with van der Waals surface area (Å²) in [7, 11) is 0. The van der Waals surface area contributed by atoms with Gasteiger partial charge in [-0.2, -0.15) is 0 Å². The van der Waals surface area contributed by atoms with Crippen LogP contribution in [0.1, 0.15) is 40.0 Å². The van der Waals surface area contributed by atoms with E-state index in [4.69, 9.17) is 4.99 Å². The molecule has 0 spiro atoms. The van der Waals surface area contributed by atoms with Crippen LogP contribution in [-0.4, -0.2) is 43.2 Å². The molecule has 1 aromatic rings. The summed E-state index contributed by atoms with van der Waals surface area (Å²) in [5.41, 5.74) is 0. The molecule has 0 bridgehead atoms. The number of aromatic nitrogens is 1. The van der Waals surface area contributed by atoms with Gasteiger partial charge in [0.25, 0.3) is 0 Å². The molecule has 2 N–H and O–H groups in total. The monoisotopic (exact) mass is 463 g/mol. The van der Waals surface area contributed by atoms with Crippen molar-refractivity contribution >= 4 is 35.8 Å². The summed E-state index contributed by atoms with van der Waals surface area (Å²) in [5, 5.41) is 6.80. The Labute approximate surface area is 167 Å². The van der Waals surface area contributed by atoms with Crippen LogP contribution in [0.2, 0.25) is 0 Å². The highest BCUT2D eigenvalue weighted by atomic mass is 127. The molecule has 1 aliphatic heterocycles. The van der Waals surface area contributed by atoms with E-state index in [-0.39, 0.29) is 35.8 Å². The third kappa shape index (κ3) is 6.60. The molecular weight excluding hydrogens is 432 g/mol. The maximum Gasteiger partial charge on any atom is 0.191 e. The van der Waals surface area contributed by atoms with Crippen LogP contribution in [0.25, 0.3) is 0 Å². The molecule has 142 valence electrons. The van der Waals surface area contributed by atoms with Crippen molar-refractivity contribution in [2.75, 3.05) is 31.1 Å². The third-order valence-corrected chi connectivity index (χ3v) is 4.57. The van der Waals surface area contributed by atoms with E-state index >= 15 is 0 Å². The molecule has 7 heteroatoms. The van der Waals surface area contributed by atoms with E-state index in [1.807, 2.05) is 4.90 Å². The van der Waals surface area contributed by atoms with Gasteiger partial charge in [-0.25, -0.2) is 9.37 Å². The summed E-state index contributed by atoms with van der Waals surface area (Å²) in [6.07, 6.45) is 4.89. The molecular formula is C18H31FIN5. The molecule has 0 saturated carbocycles. The maximum absolute atomic E-state index is 13.9. The zero-order valence-electron chi connectivity index (χ0n) is 15.5. The third-order valence-electron chi connectivity index (χ3n) is 4.57. The van der Waals surface area contributed by atoms with Crippen LogP contribution < -0.4 is 15.5 Å². The number of anilines is 1. The Morgan fingerprint density at radius 3 is 2.80 bits per heavy atom. The van der Waals surface area contributed by atoms with E-state index < -0.39 is 0 Å². The van der Waals surface area contributed by atoms with Crippen LogP contribution in [0.5, 0.6) is 0 Å². The molecule has 0 radical (unpaired) electrons. The lowest BCUT2D eigenvalue weighted by molar-refractivity contribution is 0.502. The molecule has 1 aliphatic rings. The largest absolute Gasteiger partial charge is 0.357 e. The van der Waals surface area contributed by atoms with Crippen molar-refractivity contribution in [1.29, 1.82) is 0 Å². The summed E-state index contributed by atoms with van der Waals surface area (Å²) in [4.78, 5) is 10.9. The summed E-state index contributed by atoms with van der Waals surface area (Å²) < 4.78 is 13.9. The lowest BCUT2D eigenvalue weighted by Crippen LogP contribution is -2.45. The molecule has 0 amide bonds. The predicted molar refractivity (Wildman–Crippen MR) is 113 cm³/mol. The number of hydrogen-bond acceptors (Lipinski definition) is 3. The van der Waals surface area contributed by atoms with Gasteiger partial charge >= 0.3 is 0 Å². The van der Waals surface area contributed by atoms with Crippen LogP contribution in [0.15, 0.2) is 23.3 Å². The average molecular weight is 463 g/mol. The van der Waals surface area contributed by atoms with E-state index in [1.54, 1.807) is 12.3 Å². The first-order valence-electron chi connectivity index (χ1n) is 9.08. The van der Waals surface area contributed by atoms with Gasteiger partial charge in [0.15, 0.2) is 17.6 Å². The van der Waals surface area contributed by atoms with Crippen molar-refractivity contribution in [2.45, 2.75) is 46.1 Å². The van der Waals surface area contributed by atoms with Crippen LogP contribution in [-0.2, 0) is 0 Å². The van der Waals surface area contributed by atoms with Gasteiger partial charge in [-0.3, -0.25) is 4.99 Å². The van der Waals surface area contributed by atoms with Gasteiger partial charge in [-0.15, -0.1) is 24.0 Å². The maximum atomic E-state index is 13.9. The zero-order chi connectivity index (χ0) is 17.4. The highest BCUT2D eigenvalue weighted by Crippen LogP contribution is 2.20. The van der Waals surface area contributed by atoms with Crippen molar-refractivity contribution in [3.05, 3.63) is 24.1 Å². The number of nitrogens with one attached hydrogen (secondary N) is 2. The summed E-state index contributed by atoms with van der Waals surface area (Å²) in [6, 6.07) is 3.34. The number of hydrogen-bond donors (Lipinski definition) is 2. The number of guanidine groups is 1. The molecule has 5 nitrogen and oxygen atoms in total. The highest BCUT2D eigenvalue weighted by molar-refractivity contribution is 14.0. The second-order valence-corrected chi connectivity index (χ2v) is 6.29. The summed E-state index contributed by atoms with van der Waals surface area (Å²) in [6.45, 7) is 9.70. The van der Waals surface area contributed by atoms with Gasteiger partial charge in [0, 0.05) is 38.4 Å². The SMILES string of the molecule is CCNC(=NCC(CC)CC)NC1CCN(c2ncccc2F)C1.I. The fourth-order valence-corrected chi connectivity index (χ4v) is 2.96. The molecule has 2 heterocycles. The Morgan fingerprint density at radius 2 is 2.16 bits per heavy atom. The number of aliphatic imine (C=N–C) groups is 1. The average Bonchev–Trinajstić information content (AvgIpc) is 3.04. The van der Waals surface area contributed by atoms with Crippen LogP contribution >= 0.6 is 24.0 Å². The zero-order valence-corrected chi connectivity index (χ0v) is 17.8. The van der Waals surface area contributed by atoms with Crippen LogP contribution in [0.4, 0.5) is 10.2 Å². The van der Waals surface area contributed by atoms with Gasteiger partial charge in [-0.1, -0.05) is 26.7 Å². The first kappa shape index (κ1) is 21.9. The Balaban J connectivity index is 0.00000312. The number of nitrogens with zero attached hydrogens (tertiary/aromatic N) is 3. The minimum atomic E-state index is -0.257. The molecule has 1 aromatic heterocycles. The molecule has 1 atom stereocenters. The van der Waals surface area contributed by atoms with Crippen molar-refractivity contribution in [1.82, 2.24) is 15.6 Å². The topological polar surface area (TPSA) is 52.6 Å². The fourth-order valence-electron chi connectivity index (χ4n) is 2.96. The highest BCUT2D eigenvalue weighted by Gasteiger charge is 2.25. The second kappa shape index (κ2) is 11.5. The van der Waals surface area contributed by atoms with Crippen LogP contribution in [0.3, 0.4) is 0 Å². The van der Waals surface area contributed by atoms with Gasteiger partial charge in [-0.05, 0) is 31.4 Å². The van der Waals surface area contributed by atoms with Gasteiger partial charge in [0.05, 0.1) is 0 Å². The van der Waals surface area contributed by atoms with Crippen LogP contribution in [0, 0.1) is 11.7 Å². The van der Waals surface area contributed by atoms with Crippen molar-refractivity contribution in [2.24, 2.45) is 10.9 Å². The Hall–Kier alpha value is -1.12. The second-order valence-electron chi connectivity index (χ2n) is 6.29. The van der Waals surface area contributed by atoms with Gasteiger partial charge in [0.2, 0.25) is 0 Å². The molecule has 1 saturated heterocycles. The van der Waals surface area contributed by atoms with E-state index in [1.165, 1.54) is 6.07 Å². The number of pyridine rings is 1. The van der Waals surface area contributed by atoms with E-state index in [2.05, 4.69) is 36.4 Å². The number of rotatable bonds is 7. The normalized spacial score (nSPS) is 17.6. The minimum Gasteiger partial charge on any atom is -0.357 e. The van der Waals surface area contributed by atoms with Crippen molar-refractivity contribution in [3.8, 4) is 0 Å². The Morgan fingerprint density at radius 1 is 1.40 bits per heavy atom. The molecule has 25 heavy (non-hydrogen) atoms. The molecule has 1 fully saturated rings. The summed E-state index contributed by atoms with van der Waals surface area (Å²) >= 11 is 0. The molecule has 1 unspecified atom stereocenters. The lowest BCUT2D eigenvalue weighted by Gasteiger charge is -2.20.